The molecule has 0 amide bonds. The van der Waals surface area contributed by atoms with Crippen LogP contribution in [0.5, 0.6) is 0 Å². The van der Waals surface area contributed by atoms with Crippen molar-refractivity contribution >= 4 is 33.2 Å². The minimum Gasteiger partial charge on any atom is -0.356 e. The number of hydrogen-bond donors (Lipinski definition) is 1. The zero-order chi connectivity index (χ0) is 16.8. The molecule has 2 aromatic heterocycles. The molecular weight excluding hydrogens is 374 g/mol. The molecule has 0 fully saturated rings. The highest BCUT2D eigenvalue weighted by Gasteiger charge is 2.10. The van der Waals surface area contributed by atoms with Crippen LogP contribution < -0.4 is 5.32 Å². The third kappa shape index (κ3) is 5.07. The van der Waals surface area contributed by atoms with E-state index in [1.807, 2.05) is 13.2 Å². The summed E-state index contributed by atoms with van der Waals surface area (Å²) in [5.74, 6) is 0.898. The molecule has 126 valence electrons. The molecule has 7 heteroatoms. The maximum absolute atomic E-state index is 4.45. The number of hydrogen-bond acceptors (Lipinski definition) is 3. The molecule has 0 aliphatic rings. The normalized spacial score (nSPS) is 11.8. The molecule has 2 heterocycles. The fourth-order valence-electron chi connectivity index (χ4n) is 2.33. The molecule has 2 aromatic rings. The van der Waals surface area contributed by atoms with E-state index in [1.165, 1.54) is 15.6 Å². The van der Waals surface area contributed by atoms with E-state index in [4.69, 9.17) is 0 Å². The predicted molar refractivity (Wildman–Crippen MR) is 101 cm³/mol. The lowest BCUT2D eigenvalue weighted by atomic mass is 10.4. The number of rotatable bonds is 6. The van der Waals surface area contributed by atoms with Crippen molar-refractivity contribution in [1.29, 1.82) is 0 Å². The number of aromatic nitrogens is 2. The second-order valence-electron chi connectivity index (χ2n) is 5.41. The Balaban J connectivity index is 1.85. The van der Waals surface area contributed by atoms with Gasteiger partial charge in [-0.15, -0.1) is 11.3 Å². The van der Waals surface area contributed by atoms with Gasteiger partial charge in [0.05, 0.1) is 11.6 Å². The average Bonchev–Trinajstić information content (AvgIpc) is 3.10. The monoisotopic (exact) mass is 397 g/mol. The van der Waals surface area contributed by atoms with Crippen LogP contribution in [0.15, 0.2) is 27.9 Å². The van der Waals surface area contributed by atoms with Crippen LogP contribution in [0, 0.1) is 0 Å². The third-order valence-electron chi connectivity index (χ3n) is 3.62. The number of nitrogens with zero attached hydrogens (tertiary/aromatic N) is 4. The van der Waals surface area contributed by atoms with Crippen LogP contribution >= 0.6 is 27.3 Å². The molecule has 0 aromatic carbocycles. The molecule has 5 nitrogen and oxygen atoms in total. The molecule has 0 radical (unpaired) electrons. The lowest BCUT2D eigenvalue weighted by Crippen LogP contribution is -2.39. The molecule has 1 N–H and O–H groups in total. The average molecular weight is 398 g/mol. The summed E-state index contributed by atoms with van der Waals surface area (Å²) in [5, 5.41) is 4.59. The Bertz CT molecular complexity index is 661. The van der Waals surface area contributed by atoms with Gasteiger partial charge in [-0.1, -0.05) is 6.92 Å². The standard InChI is InChI=1S/C16H24BrN5S/c1-5-14-9-20-15(23-14)6-7-19-16(18-2)22(4)11-13-8-12(17)10-21(13)3/h8-10H,5-7,11H2,1-4H3,(H,18,19). The lowest BCUT2D eigenvalue weighted by molar-refractivity contribution is 0.462. The molecule has 0 bridgehead atoms. The van der Waals surface area contributed by atoms with Crippen LogP contribution in [-0.4, -0.2) is 41.1 Å². The maximum Gasteiger partial charge on any atom is 0.193 e. The molecule has 0 saturated carbocycles. The van der Waals surface area contributed by atoms with Gasteiger partial charge in [0, 0.05) is 61.5 Å². The second-order valence-corrected chi connectivity index (χ2v) is 7.53. The number of nitrogens with one attached hydrogen (secondary N) is 1. The highest BCUT2D eigenvalue weighted by molar-refractivity contribution is 9.10. The van der Waals surface area contributed by atoms with Crippen LogP contribution in [0.2, 0.25) is 0 Å². The highest BCUT2D eigenvalue weighted by atomic mass is 79.9. The van der Waals surface area contributed by atoms with Gasteiger partial charge in [0.25, 0.3) is 0 Å². The van der Waals surface area contributed by atoms with Crippen LogP contribution in [-0.2, 0) is 26.4 Å². The van der Waals surface area contributed by atoms with Gasteiger partial charge in [0.1, 0.15) is 0 Å². The number of aryl methyl sites for hydroxylation is 2. The fraction of sp³-hybridized carbons (Fsp3) is 0.500. The van der Waals surface area contributed by atoms with Gasteiger partial charge in [0.15, 0.2) is 5.96 Å². The van der Waals surface area contributed by atoms with Gasteiger partial charge < -0.3 is 14.8 Å². The van der Waals surface area contributed by atoms with Crippen molar-refractivity contribution < 1.29 is 0 Å². The number of halogens is 1. The minimum atomic E-state index is 0.805. The first-order valence-corrected chi connectivity index (χ1v) is 9.30. The topological polar surface area (TPSA) is 45.5 Å². The SMILES string of the molecule is CCc1cnc(CCNC(=NC)N(C)Cc2cc(Br)cn2C)s1. The summed E-state index contributed by atoms with van der Waals surface area (Å²) in [7, 11) is 5.92. The Morgan fingerprint density at radius 3 is 2.87 bits per heavy atom. The lowest BCUT2D eigenvalue weighted by Gasteiger charge is -2.22. The van der Waals surface area contributed by atoms with E-state index in [1.54, 1.807) is 11.3 Å². The van der Waals surface area contributed by atoms with Crippen LogP contribution in [0.3, 0.4) is 0 Å². The number of guanidine groups is 1. The Hall–Kier alpha value is -1.34. The number of thiazole rings is 1. The van der Waals surface area contributed by atoms with Crippen molar-refractivity contribution in [2.75, 3.05) is 20.6 Å². The molecule has 2 rings (SSSR count). The van der Waals surface area contributed by atoms with Crippen molar-refractivity contribution in [3.8, 4) is 0 Å². The first kappa shape index (κ1) is 18.0. The molecular formula is C16H24BrN5S. The van der Waals surface area contributed by atoms with Gasteiger partial charge >= 0.3 is 0 Å². The van der Waals surface area contributed by atoms with E-state index < -0.39 is 0 Å². The summed E-state index contributed by atoms with van der Waals surface area (Å²) in [6.07, 6.45) is 6.02. The Morgan fingerprint density at radius 1 is 1.52 bits per heavy atom. The molecule has 0 aliphatic heterocycles. The minimum absolute atomic E-state index is 0.805. The van der Waals surface area contributed by atoms with E-state index in [2.05, 4.69) is 74.0 Å². The van der Waals surface area contributed by atoms with Gasteiger partial charge in [0.2, 0.25) is 0 Å². The summed E-state index contributed by atoms with van der Waals surface area (Å²) in [4.78, 5) is 12.3. The molecule has 0 atom stereocenters. The smallest absolute Gasteiger partial charge is 0.193 e. The van der Waals surface area contributed by atoms with E-state index in [-0.39, 0.29) is 0 Å². The Morgan fingerprint density at radius 2 is 2.30 bits per heavy atom. The zero-order valence-corrected chi connectivity index (χ0v) is 16.5. The van der Waals surface area contributed by atoms with Crippen LogP contribution in [0.25, 0.3) is 0 Å². The van der Waals surface area contributed by atoms with Crippen LogP contribution in [0.4, 0.5) is 0 Å². The highest BCUT2D eigenvalue weighted by Crippen LogP contribution is 2.15. The Kier molecular flexibility index (Phi) is 6.65. The summed E-state index contributed by atoms with van der Waals surface area (Å²) < 4.78 is 3.22. The first-order chi connectivity index (χ1) is 11.0. The summed E-state index contributed by atoms with van der Waals surface area (Å²) in [6.45, 7) is 3.80. The van der Waals surface area contributed by atoms with E-state index in [0.717, 1.165) is 36.4 Å². The first-order valence-electron chi connectivity index (χ1n) is 7.69. The van der Waals surface area contributed by atoms with Crippen molar-refractivity contribution in [3.05, 3.63) is 38.5 Å². The third-order valence-corrected chi connectivity index (χ3v) is 5.25. The molecule has 0 aliphatic carbocycles. The molecule has 23 heavy (non-hydrogen) atoms. The quantitative estimate of drug-likeness (QED) is 0.601. The van der Waals surface area contributed by atoms with Gasteiger partial charge in [-0.3, -0.25) is 4.99 Å². The molecule has 0 saturated heterocycles. The molecule has 0 spiro atoms. The molecule has 0 unspecified atom stereocenters. The van der Waals surface area contributed by atoms with E-state index in [9.17, 15) is 0 Å². The van der Waals surface area contributed by atoms with Crippen LogP contribution in [0.1, 0.15) is 22.5 Å². The van der Waals surface area contributed by atoms with Crippen molar-refractivity contribution in [3.63, 3.8) is 0 Å². The predicted octanol–water partition coefficient (Wildman–Crippen LogP) is 3.06. The Labute approximate surface area is 150 Å². The summed E-state index contributed by atoms with van der Waals surface area (Å²) in [6, 6.07) is 2.13. The summed E-state index contributed by atoms with van der Waals surface area (Å²) >= 11 is 5.31. The zero-order valence-electron chi connectivity index (χ0n) is 14.1. The van der Waals surface area contributed by atoms with Crippen molar-refractivity contribution in [1.82, 2.24) is 19.8 Å². The van der Waals surface area contributed by atoms with E-state index >= 15 is 0 Å². The number of aliphatic imine (C=N–C) groups is 1. The maximum atomic E-state index is 4.45. The van der Waals surface area contributed by atoms with Gasteiger partial charge in [-0.25, -0.2) is 4.98 Å². The fourth-order valence-corrected chi connectivity index (χ4v) is 3.77. The summed E-state index contributed by atoms with van der Waals surface area (Å²) in [5.41, 5.74) is 1.23. The second kappa shape index (κ2) is 8.49. The van der Waals surface area contributed by atoms with Gasteiger partial charge in [-0.05, 0) is 28.4 Å². The largest absolute Gasteiger partial charge is 0.356 e. The van der Waals surface area contributed by atoms with Crippen molar-refractivity contribution in [2.45, 2.75) is 26.3 Å². The van der Waals surface area contributed by atoms with E-state index in [0.29, 0.717) is 0 Å². The van der Waals surface area contributed by atoms with Crippen molar-refractivity contribution in [2.24, 2.45) is 12.0 Å². The van der Waals surface area contributed by atoms with Gasteiger partial charge in [-0.2, -0.15) is 0 Å².